The predicted octanol–water partition coefficient (Wildman–Crippen LogP) is 3.24. The van der Waals surface area contributed by atoms with Crippen LogP contribution >= 0.6 is 15.9 Å². The van der Waals surface area contributed by atoms with Crippen LogP contribution in [0, 0.1) is 0 Å². The second kappa shape index (κ2) is 4.03. The van der Waals surface area contributed by atoms with Crippen LogP contribution in [0.3, 0.4) is 0 Å². The quantitative estimate of drug-likeness (QED) is 0.701. The van der Waals surface area contributed by atoms with Crippen LogP contribution in [0.4, 0.5) is 0 Å². The van der Waals surface area contributed by atoms with Crippen molar-refractivity contribution in [1.29, 1.82) is 0 Å². The zero-order valence-corrected chi connectivity index (χ0v) is 10.7. The van der Waals surface area contributed by atoms with Gasteiger partial charge in [-0.2, -0.15) is 0 Å². The summed E-state index contributed by atoms with van der Waals surface area (Å²) in [5.41, 5.74) is 2.59. The Balaban J connectivity index is 2.44. The summed E-state index contributed by atoms with van der Waals surface area (Å²) in [4.78, 5) is 19.9. The van der Waals surface area contributed by atoms with Gasteiger partial charge in [-0.3, -0.25) is 0 Å². The molecule has 1 aromatic heterocycles. The van der Waals surface area contributed by atoms with E-state index in [9.17, 15) is 4.79 Å². The zero-order valence-electron chi connectivity index (χ0n) is 9.09. The molecule has 0 aliphatic heterocycles. The van der Waals surface area contributed by atoms with Gasteiger partial charge in [-0.1, -0.05) is 22.0 Å². The third-order valence-corrected chi connectivity index (χ3v) is 3.15. The number of hydrogen-bond acceptors (Lipinski definition) is 3. The van der Waals surface area contributed by atoms with Crippen LogP contribution in [0.15, 0.2) is 40.9 Å². The van der Waals surface area contributed by atoms with E-state index >= 15 is 0 Å². The summed E-state index contributed by atoms with van der Waals surface area (Å²) < 4.78 is 0.915. The van der Waals surface area contributed by atoms with Gasteiger partial charge in [-0.15, -0.1) is 0 Å². The van der Waals surface area contributed by atoms with E-state index in [0.717, 1.165) is 9.99 Å². The molecule has 0 unspecified atom stereocenters. The fourth-order valence-electron chi connectivity index (χ4n) is 1.84. The number of benzene rings is 2. The van der Waals surface area contributed by atoms with E-state index in [2.05, 4.69) is 25.9 Å². The molecular weight excluding hydrogens is 296 g/mol. The average molecular weight is 303 g/mol. The molecule has 3 aromatic rings. The number of nitrogens with zero attached hydrogens (tertiary/aromatic N) is 2. The highest BCUT2D eigenvalue weighted by Gasteiger charge is 2.11. The van der Waals surface area contributed by atoms with Gasteiger partial charge in [-0.05, 0) is 30.3 Å². The lowest BCUT2D eigenvalue weighted by molar-refractivity contribution is 0.0699. The van der Waals surface area contributed by atoms with Crippen molar-refractivity contribution in [3.8, 4) is 0 Å². The molecule has 1 heterocycles. The molecule has 0 saturated carbocycles. The topological polar surface area (TPSA) is 63.1 Å². The standard InChI is InChI=1S/C13H7BrN2O2/c14-7-4-5-9-11(6-7)15-10-3-1-2-8(13(17)18)12(10)16-9/h1-6H,(H,17,18). The maximum Gasteiger partial charge on any atom is 0.337 e. The molecule has 0 aliphatic carbocycles. The molecule has 1 N–H and O–H groups in total. The molecule has 3 rings (SSSR count). The number of aromatic carboxylic acids is 1. The molecule has 0 saturated heterocycles. The van der Waals surface area contributed by atoms with Crippen molar-refractivity contribution >= 4 is 44.0 Å². The maximum atomic E-state index is 11.1. The minimum atomic E-state index is -0.994. The Labute approximate surface area is 110 Å². The molecule has 0 fully saturated rings. The number of halogens is 1. The van der Waals surface area contributed by atoms with Crippen molar-refractivity contribution < 1.29 is 9.90 Å². The van der Waals surface area contributed by atoms with Gasteiger partial charge < -0.3 is 5.11 Å². The molecular formula is C13H7BrN2O2. The predicted molar refractivity (Wildman–Crippen MR) is 71.7 cm³/mol. The van der Waals surface area contributed by atoms with Crippen molar-refractivity contribution in [3.05, 3.63) is 46.4 Å². The lowest BCUT2D eigenvalue weighted by Crippen LogP contribution is -2.00. The minimum Gasteiger partial charge on any atom is -0.478 e. The summed E-state index contributed by atoms with van der Waals surface area (Å²) >= 11 is 3.37. The van der Waals surface area contributed by atoms with Crippen LogP contribution < -0.4 is 0 Å². The second-order valence-electron chi connectivity index (χ2n) is 3.84. The van der Waals surface area contributed by atoms with Crippen molar-refractivity contribution in [2.45, 2.75) is 0 Å². The normalized spacial score (nSPS) is 10.9. The summed E-state index contributed by atoms with van der Waals surface area (Å²) in [6, 6.07) is 10.5. The van der Waals surface area contributed by atoms with Crippen LogP contribution in [-0.4, -0.2) is 21.0 Å². The van der Waals surface area contributed by atoms with E-state index in [1.807, 2.05) is 18.2 Å². The van der Waals surface area contributed by atoms with Crippen molar-refractivity contribution in [2.75, 3.05) is 0 Å². The number of fused-ring (bicyclic) bond motifs is 2. The zero-order chi connectivity index (χ0) is 12.7. The summed E-state index contributed by atoms with van der Waals surface area (Å²) in [5, 5.41) is 9.12. The number of carboxylic acid groups (broad SMARTS) is 1. The third kappa shape index (κ3) is 1.73. The first-order chi connectivity index (χ1) is 8.65. The van der Waals surface area contributed by atoms with Crippen LogP contribution in [0.1, 0.15) is 10.4 Å². The minimum absolute atomic E-state index is 0.171. The number of carboxylic acids is 1. The SMILES string of the molecule is O=C(O)c1cccc2nc3cc(Br)ccc3nc12. The van der Waals surface area contributed by atoms with Crippen molar-refractivity contribution in [1.82, 2.24) is 9.97 Å². The molecule has 5 heteroatoms. The van der Waals surface area contributed by atoms with Gasteiger partial charge in [0.1, 0.15) is 5.52 Å². The molecule has 18 heavy (non-hydrogen) atoms. The Bertz CT molecular complexity index is 786. The van der Waals surface area contributed by atoms with Crippen molar-refractivity contribution in [3.63, 3.8) is 0 Å². The number of hydrogen-bond donors (Lipinski definition) is 1. The maximum absolute atomic E-state index is 11.1. The molecule has 2 aromatic carbocycles. The molecule has 0 spiro atoms. The van der Waals surface area contributed by atoms with E-state index in [-0.39, 0.29) is 5.56 Å². The second-order valence-corrected chi connectivity index (χ2v) is 4.75. The van der Waals surface area contributed by atoms with E-state index < -0.39 is 5.97 Å². The molecule has 4 nitrogen and oxygen atoms in total. The van der Waals surface area contributed by atoms with Gasteiger partial charge in [0.05, 0.1) is 22.1 Å². The fourth-order valence-corrected chi connectivity index (χ4v) is 2.19. The van der Waals surface area contributed by atoms with Gasteiger partial charge in [0.2, 0.25) is 0 Å². The van der Waals surface area contributed by atoms with E-state index in [4.69, 9.17) is 5.11 Å². The lowest BCUT2D eigenvalue weighted by Gasteiger charge is -2.03. The first-order valence-electron chi connectivity index (χ1n) is 5.24. The summed E-state index contributed by atoms with van der Waals surface area (Å²) in [6.07, 6.45) is 0. The Morgan fingerprint density at radius 3 is 2.67 bits per heavy atom. The van der Waals surface area contributed by atoms with Crippen LogP contribution in [0.2, 0.25) is 0 Å². The summed E-state index contributed by atoms with van der Waals surface area (Å²) in [5.74, 6) is -0.994. The number of para-hydroxylation sites is 1. The van der Waals surface area contributed by atoms with Gasteiger partial charge >= 0.3 is 5.97 Å². The molecule has 88 valence electrons. The highest BCUT2D eigenvalue weighted by molar-refractivity contribution is 9.10. The highest BCUT2D eigenvalue weighted by Crippen LogP contribution is 2.22. The molecule has 0 radical (unpaired) electrons. The summed E-state index contributed by atoms with van der Waals surface area (Å²) in [6.45, 7) is 0. The first-order valence-corrected chi connectivity index (χ1v) is 6.04. The smallest absolute Gasteiger partial charge is 0.337 e. The Kier molecular flexibility index (Phi) is 2.48. The first kappa shape index (κ1) is 11.1. The van der Waals surface area contributed by atoms with Crippen molar-refractivity contribution in [2.24, 2.45) is 0 Å². The largest absolute Gasteiger partial charge is 0.478 e. The van der Waals surface area contributed by atoms with Gasteiger partial charge in [0.15, 0.2) is 0 Å². The van der Waals surface area contributed by atoms with Crippen LogP contribution in [0.5, 0.6) is 0 Å². The number of carbonyl (C=O) groups is 1. The van der Waals surface area contributed by atoms with E-state index in [1.165, 1.54) is 6.07 Å². The molecule has 0 atom stereocenters. The number of rotatable bonds is 1. The van der Waals surface area contributed by atoms with Gasteiger partial charge in [-0.25, -0.2) is 14.8 Å². The Morgan fingerprint density at radius 1 is 1.06 bits per heavy atom. The fraction of sp³-hybridized carbons (Fsp3) is 0. The molecule has 0 amide bonds. The van der Waals surface area contributed by atoms with E-state index in [1.54, 1.807) is 12.1 Å². The van der Waals surface area contributed by atoms with Gasteiger partial charge in [0, 0.05) is 4.47 Å². The monoisotopic (exact) mass is 302 g/mol. The van der Waals surface area contributed by atoms with Crippen LogP contribution in [0.25, 0.3) is 22.1 Å². The van der Waals surface area contributed by atoms with Crippen LogP contribution in [-0.2, 0) is 0 Å². The Morgan fingerprint density at radius 2 is 1.89 bits per heavy atom. The third-order valence-electron chi connectivity index (χ3n) is 2.66. The number of aromatic nitrogens is 2. The molecule has 0 aliphatic rings. The van der Waals surface area contributed by atoms with Gasteiger partial charge in [0.25, 0.3) is 0 Å². The molecule has 0 bridgehead atoms. The van der Waals surface area contributed by atoms with E-state index in [0.29, 0.717) is 16.6 Å². The highest BCUT2D eigenvalue weighted by atomic mass is 79.9. The average Bonchev–Trinajstić information content (AvgIpc) is 2.35. The summed E-state index contributed by atoms with van der Waals surface area (Å²) in [7, 11) is 0. The Hall–Kier alpha value is -2.01. The lowest BCUT2D eigenvalue weighted by atomic mass is 10.1.